The molecule has 0 atom stereocenters. The largest absolute Gasteiger partial charge is 0.434 e. The van der Waals surface area contributed by atoms with E-state index in [1.807, 2.05) is 0 Å². The number of hydrogen-bond donors (Lipinski definition) is 1. The van der Waals surface area contributed by atoms with Gasteiger partial charge in [0.2, 0.25) is 5.13 Å². The summed E-state index contributed by atoms with van der Waals surface area (Å²) < 4.78 is 55.3. The number of alkyl halides is 3. The van der Waals surface area contributed by atoms with E-state index in [0.29, 0.717) is 14.8 Å². The number of carbonyl (C=O) groups is 1. The number of benzene rings is 2. The molecule has 0 radical (unpaired) electrons. The number of halogens is 4. The quantitative estimate of drug-likeness (QED) is 0.227. The summed E-state index contributed by atoms with van der Waals surface area (Å²) in [5, 5.41) is 13.9. The molecular weight excluding hydrogens is 466 g/mol. The molecular formula is C20H13F4N5OS2. The standard InChI is InChI=1S/C20H13F4N5OS2/c21-13-8-6-12(7-9-13)11-31-19-28-27-18(32-19)26-17(30)15-10-25-29(16(15)20(22,23)24)14-4-2-1-3-5-14/h1-10H,11H2,(H,26,27,30). The molecule has 0 aliphatic carbocycles. The molecule has 2 heterocycles. The summed E-state index contributed by atoms with van der Waals surface area (Å²) in [7, 11) is 0. The van der Waals surface area contributed by atoms with Crippen molar-refractivity contribution in [1.82, 2.24) is 20.0 Å². The highest BCUT2D eigenvalue weighted by Gasteiger charge is 2.40. The van der Waals surface area contributed by atoms with E-state index in [-0.39, 0.29) is 16.6 Å². The highest BCUT2D eigenvalue weighted by molar-refractivity contribution is 8.00. The fourth-order valence-corrected chi connectivity index (χ4v) is 4.46. The zero-order valence-electron chi connectivity index (χ0n) is 16.0. The van der Waals surface area contributed by atoms with Gasteiger partial charge in [-0.05, 0) is 29.8 Å². The maximum absolute atomic E-state index is 13.7. The number of nitrogens with one attached hydrogen (secondary N) is 1. The van der Waals surface area contributed by atoms with E-state index in [4.69, 9.17) is 0 Å². The monoisotopic (exact) mass is 479 g/mol. The first-order valence-corrected chi connectivity index (χ1v) is 10.8. The highest BCUT2D eigenvalue weighted by atomic mass is 32.2. The van der Waals surface area contributed by atoms with Crippen LogP contribution in [-0.4, -0.2) is 25.9 Å². The Hall–Kier alpha value is -3.25. The second-order valence-electron chi connectivity index (χ2n) is 6.39. The molecule has 1 amide bonds. The lowest BCUT2D eigenvalue weighted by atomic mass is 10.2. The molecule has 0 saturated carbocycles. The van der Waals surface area contributed by atoms with Crippen LogP contribution in [0.3, 0.4) is 0 Å². The molecule has 1 N–H and O–H groups in total. The normalized spacial score (nSPS) is 11.5. The van der Waals surface area contributed by atoms with Crippen molar-refractivity contribution in [1.29, 1.82) is 0 Å². The third-order valence-corrected chi connectivity index (χ3v) is 6.23. The molecule has 0 aliphatic rings. The number of aromatic nitrogens is 4. The lowest BCUT2D eigenvalue weighted by Crippen LogP contribution is -2.20. The minimum absolute atomic E-state index is 0.0530. The Kier molecular flexibility index (Phi) is 6.24. The van der Waals surface area contributed by atoms with Crippen LogP contribution in [0.2, 0.25) is 0 Å². The zero-order valence-corrected chi connectivity index (χ0v) is 17.6. The Morgan fingerprint density at radius 2 is 1.78 bits per heavy atom. The van der Waals surface area contributed by atoms with Gasteiger partial charge in [-0.15, -0.1) is 10.2 Å². The fourth-order valence-electron chi connectivity index (χ4n) is 2.76. The van der Waals surface area contributed by atoms with E-state index in [2.05, 4.69) is 20.6 Å². The average Bonchev–Trinajstić information content (AvgIpc) is 3.41. The molecule has 0 aliphatic heterocycles. The van der Waals surface area contributed by atoms with E-state index in [9.17, 15) is 22.4 Å². The summed E-state index contributed by atoms with van der Waals surface area (Å²) >= 11 is 2.33. The van der Waals surface area contributed by atoms with Gasteiger partial charge < -0.3 is 0 Å². The molecule has 0 unspecified atom stereocenters. The van der Waals surface area contributed by atoms with Crippen molar-refractivity contribution in [2.24, 2.45) is 0 Å². The van der Waals surface area contributed by atoms with Crippen molar-refractivity contribution in [3.05, 3.63) is 83.4 Å². The van der Waals surface area contributed by atoms with Gasteiger partial charge in [0.25, 0.3) is 5.91 Å². The van der Waals surface area contributed by atoms with Crippen molar-refractivity contribution in [3.8, 4) is 5.69 Å². The maximum Gasteiger partial charge on any atom is 0.434 e. The summed E-state index contributed by atoms with van der Waals surface area (Å²) in [4.78, 5) is 12.6. The van der Waals surface area contributed by atoms with E-state index < -0.39 is 23.3 Å². The van der Waals surface area contributed by atoms with Gasteiger partial charge in [-0.1, -0.05) is 53.4 Å². The summed E-state index contributed by atoms with van der Waals surface area (Å²) in [5.41, 5.74) is -0.775. The maximum atomic E-state index is 13.7. The fraction of sp³-hybridized carbons (Fsp3) is 0.100. The molecule has 6 nitrogen and oxygen atoms in total. The number of carbonyl (C=O) groups excluding carboxylic acids is 1. The Bertz CT molecular complexity index is 1220. The molecule has 2 aromatic heterocycles. The molecule has 2 aromatic carbocycles. The van der Waals surface area contributed by atoms with Crippen LogP contribution in [0, 0.1) is 5.82 Å². The number of para-hydroxylation sites is 1. The van der Waals surface area contributed by atoms with E-state index >= 15 is 0 Å². The Balaban J connectivity index is 1.50. The predicted molar refractivity (Wildman–Crippen MR) is 112 cm³/mol. The number of hydrogen-bond acceptors (Lipinski definition) is 6. The minimum atomic E-state index is -4.81. The average molecular weight is 479 g/mol. The van der Waals surface area contributed by atoms with Gasteiger partial charge in [-0.2, -0.15) is 18.3 Å². The second-order valence-corrected chi connectivity index (χ2v) is 8.59. The number of thioether (sulfide) groups is 1. The molecule has 0 fully saturated rings. The van der Waals surface area contributed by atoms with Gasteiger partial charge in [0.1, 0.15) is 5.82 Å². The highest BCUT2D eigenvalue weighted by Crippen LogP contribution is 2.34. The second kappa shape index (κ2) is 9.09. The molecule has 164 valence electrons. The third kappa shape index (κ3) is 4.97. The minimum Gasteiger partial charge on any atom is -0.296 e. The van der Waals surface area contributed by atoms with Crippen LogP contribution in [0.4, 0.5) is 22.7 Å². The van der Waals surface area contributed by atoms with Crippen LogP contribution in [0.1, 0.15) is 21.6 Å². The molecule has 4 aromatic rings. The van der Waals surface area contributed by atoms with Crippen molar-refractivity contribution in [2.45, 2.75) is 16.3 Å². The first kappa shape index (κ1) is 22.0. The van der Waals surface area contributed by atoms with Gasteiger partial charge in [0, 0.05) is 5.75 Å². The van der Waals surface area contributed by atoms with Crippen LogP contribution < -0.4 is 5.32 Å². The molecule has 12 heteroatoms. The summed E-state index contributed by atoms with van der Waals surface area (Å²) in [5.74, 6) is -0.843. The van der Waals surface area contributed by atoms with E-state index in [1.165, 1.54) is 36.0 Å². The van der Waals surface area contributed by atoms with Crippen LogP contribution in [-0.2, 0) is 11.9 Å². The van der Waals surface area contributed by atoms with Crippen molar-refractivity contribution in [2.75, 3.05) is 5.32 Å². The number of rotatable bonds is 6. The molecule has 32 heavy (non-hydrogen) atoms. The molecule has 0 spiro atoms. The van der Waals surface area contributed by atoms with E-state index in [1.54, 1.807) is 30.3 Å². The first-order valence-electron chi connectivity index (χ1n) is 9.04. The van der Waals surface area contributed by atoms with Gasteiger partial charge in [0.05, 0.1) is 17.4 Å². The topological polar surface area (TPSA) is 72.7 Å². The van der Waals surface area contributed by atoms with Gasteiger partial charge in [-0.25, -0.2) is 9.07 Å². The van der Waals surface area contributed by atoms with Crippen molar-refractivity contribution in [3.63, 3.8) is 0 Å². The Morgan fingerprint density at radius 1 is 1.06 bits per heavy atom. The van der Waals surface area contributed by atoms with E-state index in [0.717, 1.165) is 23.1 Å². The Labute approximate surface area is 187 Å². The van der Waals surface area contributed by atoms with Crippen LogP contribution in [0.15, 0.2) is 65.1 Å². The SMILES string of the molecule is O=C(Nc1nnc(SCc2ccc(F)cc2)s1)c1cnn(-c2ccccc2)c1C(F)(F)F. The molecule has 0 bridgehead atoms. The molecule has 0 saturated heterocycles. The van der Waals surface area contributed by atoms with Crippen LogP contribution in [0.25, 0.3) is 5.69 Å². The summed E-state index contributed by atoms with van der Waals surface area (Å²) in [6.07, 6.45) is -3.94. The number of nitrogens with zero attached hydrogens (tertiary/aromatic N) is 4. The lowest BCUT2D eigenvalue weighted by molar-refractivity contribution is -0.143. The van der Waals surface area contributed by atoms with Crippen LogP contribution >= 0.6 is 23.1 Å². The number of anilines is 1. The number of amides is 1. The van der Waals surface area contributed by atoms with Gasteiger partial charge in [0.15, 0.2) is 10.0 Å². The zero-order chi connectivity index (χ0) is 22.7. The van der Waals surface area contributed by atoms with Crippen molar-refractivity contribution < 1.29 is 22.4 Å². The van der Waals surface area contributed by atoms with Gasteiger partial charge >= 0.3 is 6.18 Å². The molecule has 4 rings (SSSR count). The van der Waals surface area contributed by atoms with Crippen molar-refractivity contribution >= 4 is 34.1 Å². The Morgan fingerprint density at radius 3 is 2.47 bits per heavy atom. The smallest absolute Gasteiger partial charge is 0.296 e. The lowest BCUT2D eigenvalue weighted by Gasteiger charge is -2.12. The first-order chi connectivity index (χ1) is 15.3. The third-order valence-electron chi connectivity index (χ3n) is 4.19. The summed E-state index contributed by atoms with van der Waals surface area (Å²) in [6.45, 7) is 0. The summed E-state index contributed by atoms with van der Waals surface area (Å²) in [6, 6.07) is 13.7. The van der Waals surface area contributed by atoms with Gasteiger partial charge in [-0.3, -0.25) is 10.1 Å². The predicted octanol–water partition coefficient (Wildman–Crippen LogP) is 5.43. The van der Waals surface area contributed by atoms with Crippen LogP contribution in [0.5, 0.6) is 0 Å².